The van der Waals surface area contributed by atoms with Crippen molar-refractivity contribution in [3.63, 3.8) is 0 Å². The lowest BCUT2D eigenvalue weighted by Gasteiger charge is -2.31. The Kier molecular flexibility index (Phi) is 13.5. The molecule has 0 aliphatic heterocycles. The Morgan fingerprint density at radius 1 is 0.941 bits per heavy atom. The number of rotatable bonds is 16. The first kappa shape index (κ1) is 29.6. The maximum atomic E-state index is 12.8. The quantitative estimate of drug-likeness (QED) is 0.210. The fraction of sp³-hybridized carbons (Fsp3) is 0.667. The van der Waals surface area contributed by atoms with Crippen molar-refractivity contribution in [2.45, 2.75) is 72.1 Å². The number of aliphatic hydroxyl groups is 1. The predicted molar refractivity (Wildman–Crippen MR) is 130 cm³/mol. The molecule has 34 heavy (non-hydrogen) atoms. The van der Waals surface area contributed by atoms with Crippen molar-refractivity contribution < 1.29 is 33.7 Å². The Morgan fingerprint density at radius 3 is 2.18 bits per heavy atom. The van der Waals surface area contributed by atoms with Gasteiger partial charge in [-0.2, -0.15) is 0 Å². The van der Waals surface area contributed by atoms with Crippen molar-refractivity contribution in [3.05, 3.63) is 35.9 Å². The molecule has 1 aromatic carbocycles. The summed E-state index contributed by atoms with van der Waals surface area (Å²) in [5.41, 5.74) is 0.164. The first-order valence-corrected chi connectivity index (χ1v) is 12.3. The van der Waals surface area contributed by atoms with Crippen LogP contribution in [0.4, 0.5) is 0 Å². The molecule has 0 saturated carbocycles. The van der Waals surface area contributed by atoms with Gasteiger partial charge < -0.3 is 19.3 Å². The third-order valence-corrected chi connectivity index (χ3v) is 6.15. The van der Waals surface area contributed by atoms with Crippen LogP contribution in [0.2, 0.25) is 0 Å². The second-order valence-electron chi connectivity index (χ2n) is 9.37. The molecule has 0 bridgehead atoms. The molecule has 7 nitrogen and oxygen atoms in total. The molecule has 3 unspecified atom stereocenters. The lowest BCUT2D eigenvalue weighted by atomic mass is 9.75. The second-order valence-corrected chi connectivity index (χ2v) is 9.37. The van der Waals surface area contributed by atoms with Crippen LogP contribution in [0.5, 0.6) is 0 Å². The molecular weight excluding hydrogens is 436 g/mol. The minimum Gasteiger partial charge on any atom is -0.469 e. The van der Waals surface area contributed by atoms with E-state index >= 15 is 0 Å². The highest BCUT2D eigenvalue weighted by atomic mass is 16.5. The summed E-state index contributed by atoms with van der Waals surface area (Å²) in [4.78, 5) is 38.0. The highest BCUT2D eigenvalue weighted by Crippen LogP contribution is 2.38. The molecule has 1 aromatic rings. The van der Waals surface area contributed by atoms with E-state index in [0.29, 0.717) is 32.3 Å². The summed E-state index contributed by atoms with van der Waals surface area (Å²) >= 11 is 0. The molecule has 1 rings (SSSR count). The Labute approximate surface area is 204 Å². The van der Waals surface area contributed by atoms with Gasteiger partial charge in [-0.05, 0) is 57.4 Å². The van der Waals surface area contributed by atoms with E-state index in [4.69, 9.17) is 19.3 Å². The first-order valence-electron chi connectivity index (χ1n) is 12.3. The first-order chi connectivity index (χ1) is 16.2. The van der Waals surface area contributed by atoms with E-state index in [1.54, 1.807) is 13.8 Å². The predicted octanol–water partition coefficient (Wildman–Crippen LogP) is 4.66. The van der Waals surface area contributed by atoms with E-state index in [0.717, 1.165) is 18.4 Å². The second kappa shape index (κ2) is 15.5. The summed E-state index contributed by atoms with van der Waals surface area (Å²) < 4.78 is 15.7. The van der Waals surface area contributed by atoms with Gasteiger partial charge in [-0.15, -0.1) is 0 Å². The van der Waals surface area contributed by atoms with E-state index in [9.17, 15) is 14.4 Å². The maximum absolute atomic E-state index is 12.8. The monoisotopic (exact) mass is 478 g/mol. The van der Waals surface area contributed by atoms with E-state index < -0.39 is 23.2 Å². The Bertz CT molecular complexity index is 745. The number of aliphatic hydroxyl groups excluding tert-OH is 1. The highest BCUT2D eigenvalue weighted by Gasteiger charge is 2.36. The van der Waals surface area contributed by atoms with Gasteiger partial charge in [0.15, 0.2) is 0 Å². The van der Waals surface area contributed by atoms with Crippen LogP contribution >= 0.6 is 0 Å². The van der Waals surface area contributed by atoms with Crippen LogP contribution in [0, 0.1) is 17.3 Å². The topological polar surface area (TPSA) is 99.1 Å². The average molecular weight is 479 g/mol. The Morgan fingerprint density at radius 2 is 1.62 bits per heavy atom. The number of carbonyl (C=O) groups is 3. The third kappa shape index (κ3) is 9.84. The van der Waals surface area contributed by atoms with Crippen molar-refractivity contribution in [2.24, 2.45) is 17.3 Å². The summed E-state index contributed by atoms with van der Waals surface area (Å²) in [5.74, 6) is -2.13. The van der Waals surface area contributed by atoms with E-state index in [1.165, 1.54) is 7.11 Å². The van der Waals surface area contributed by atoms with Gasteiger partial charge in [0.25, 0.3) is 0 Å². The van der Waals surface area contributed by atoms with E-state index in [-0.39, 0.29) is 31.1 Å². The number of benzene rings is 1. The van der Waals surface area contributed by atoms with Crippen LogP contribution in [-0.2, 0) is 28.6 Å². The standard InChI is InChI=1S/C27H42O7/c1-6-8-15-33-25(30)20(7-2)17-22(24(29)32-5)18-23(21-12-10-9-11-13-21)19-27(3,4)26(31)34-16-14-28/h9-13,20,22-23,28H,6-8,14-19H2,1-5H3. The van der Waals surface area contributed by atoms with Crippen LogP contribution in [0.3, 0.4) is 0 Å². The molecule has 7 heteroatoms. The Balaban J connectivity index is 3.12. The van der Waals surface area contributed by atoms with E-state index in [2.05, 4.69) is 0 Å². The van der Waals surface area contributed by atoms with Crippen molar-refractivity contribution in [3.8, 4) is 0 Å². The molecule has 0 heterocycles. The molecular formula is C27H42O7. The number of hydrogen-bond donors (Lipinski definition) is 1. The molecule has 0 radical (unpaired) electrons. The van der Waals surface area contributed by atoms with Crippen molar-refractivity contribution in [2.75, 3.05) is 26.9 Å². The number of esters is 3. The summed E-state index contributed by atoms with van der Waals surface area (Å²) in [7, 11) is 1.35. The van der Waals surface area contributed by atoms with Gasteiger partial charge in [0, 0.05) is 0 Å². The molecule has 0 aliphatic carbocycles. The van der Waals surface area contributed by atoms with Crippen LogP contribution in [0.15, 0.2) is 30.3 Å². The zero-order valence-corrected chi connectivity index (χ0v) is 21.4. The number of ether oxygens (including phenoxy) is 3. The van der Waals surface area contributed by atoms with Gasteiger partial charge in [-0.1, -0.05) is 50.6 Å². The van der Waals surface area contributed by atoms with Crippen LogP contribution in [0.1, 0.15) is 77.7 Å². The summed E-state index contributed by atoms with van der Waals surface area (Å²) in [5, 5.41) is 9.00. The summed E-state index contributed by atoms with van der Waals surface area (Å²) in [6.45, 7) is 7.64. The Hall–Kier alpha value is -2.41. The minimum absolute atomic E-state index is 0.0542. The van der Waals surface area contributed by atoms with Gasteiger partial charge in [-0.3, -0.25) is 14.4 Å². The van der Waals surface area contributed by atoms with Gasteiger partial charge in [-0.25, -0.2) is 0 Å². The SMILES string of the molecule is CCCCOC(=O)C(CC)CC(CC(CC(C)(C)C(=O)OCCO)c1ccccc1)C(=O)OC. The molecule has 0 fully saturated rings. The number of methoxy groups -OCH3 is 1. The fourth-order valence-corrected chi connectivity index (χ4v) is 4.10. The minimum atomic E-state index is -0.834. The van der Waals surface area contributed by atoms with Crippen molar-refractivity contribution >= 4 is 17.9 Å². The summed E-state index contributed by atoms with van der Waals surface area (Å²) in [6.07, 6.45) is 3.49. The molecule has 3 atom stereocenters. The van der Waals surface area contributed by atoms with Crippen molar-refractivity contribution in [1.29, 1.82) is 0 Å². The number of hydrogen-bond acceptors (Lipinski definition) is 7. The van der Waals surface area contributed by atoms with E-state index in [1.807, 2.05) is 44.2 Å². The molecule has 0 spiro atoms. The van der Waals surface area contributed by atoms with Gasteiger partial charge in [0.2, 0.25) is 0 Å². The number of unbranched alkanes of at least 4 members (excludes halogenated alkanes) is 1. The smallest absolute Gasteiger partial charge is 0.311 e. The molecule has 0 aromatic heterocycles. The van der Waals surface area contributed by atoms with Crippen LogP contribution in [0.25, 0.3) is 0 Å². The summed E-state index contributed by atoms with van der Waals surface area (Å²) in [6, 6.07) is 9.71. The largest absolute Gasteiger partial charge is 0.469 e. The average Bonchev–Trinajstić information content (AvgIpc) is 2.84. The lowest BCUT2D eigenvalue weighted by molar-refractivity contribution is -0.155. The molecule has 0 aliphatic rings. The number of carbonyl (C=O) groups excluding carboxylic acids is 3. The van der Waals surface area contributed by atoms with Crippen LogP contribution < -0.4 is 0 Å². The molecule has 1 N–H and O–H groups in total. The van der Waals surface area contributed by atoms with Crippen LogP contribution in [-0.4, -0.2) is 49.9 Å². The highest BCUT2D eigenvalue weighted by molar-refractivity contribution is 5.77. The van der Waals surface area contributed by atoms with Gasteiger partial charge in [0.05, 0.1) is 37.6 Å². The normalized spacial score (nSPS) is 14.1. The molecule has 192 valence electrons. The van der Waals surface area contributed by atoms with Gasteiger partial charge >= 0.3 is 17.9 Å². The van der Waals surface area contributed by atoms with Gasteiger partial charge in [0.1, 0.15) is 6.61 Å². The molecule has 0 amide bonds. The van der Waals surface area contributed by atoms with Crippen molar-refractivity contribution in [1.82, 2.24) is 0 Å². The maximum Gasteiger partial charge on any atom is 0.311 e. The molecule has 0 saturated heterocycles. The fourth-order valence-electron chi connectivity index (χ4n) is 4.10. The lowest BCUT2D eigenvalue weighted by Crippen LogP contribution is -2.31. The third-order valence-electron chi connectivity index (χ3n) is 6.15. The zero-order valence-electron chi connectivity index (χ0n) is 21.4. The zero-order chi connectivity index (χ0) is 25.6.